The normalized spacial score (nSPS) is 16.0. The molecule has 1 atom stereocenters. The second-order valence-electron chi connectivity index (χ2n) is 6.63. The van der Waals surface area contributed by atoms with E-state index in [9.17, 15) is 14.4 Å². The van der Waals surface area contributed by atoms with E-state index >= 15 is 0 Å². The Morgan fingerprint density at radius 1 is 1.21 bits per heavy atom. The highest BCUT2D eigenvalue weighted by Gasteiger charge is 2.37. The van der Waals surface area contributed by atoms with E-state index in [4.69, 9.17) is 27.6 Å². The van der Waals surface area contributed by atoms with E-state index in [1.807, 2.05) is 0 Å². The molecule has 1 fully saturated rings. The third kappa shape index (κ3) is 4.74. The van der Waals surface area contributed by atoms with Gasteiger partial charge in [0.2, 0.25) is 11.8 Å². The van der Waals surface area contributed by atoms with Crippen LogP contribution in [-0.4, -0.2) is 53.2 Å². The summed E-state index contributed by atoms with van der Waals surface area (Å²) in [5, 5.41) is 3.28. The number of likely N-dealkylation sites (tertiary alicyclic amines) is 1. The number of hydrogen-bond acceptors (Lipinski definition) is 4. The zero-order valence-electron chi connectivity index (χ0n) is 15.9. The first kappa shape index (κ1) is 21.2. The molecule has 0 spiro atoms. The molecule has 2 heterocycles. The topological polar surface area (TPSA) is 82.9 Å². The van der Waals surface area contributed by atoms with Crippen LogP contribution in [0.1, 0.15) is 30.3 Å². The van der Waals surface area contributed by atoms with Crippen LogP contribution in [0, 0.1) is 0 Å². The molecule has 1 N–H and O–H groups in total. The van der Waals surface area contributed by atoms with Crippen molar-refractivity contribution in [2.75, 3.05) is 25.0 Å². The second-order valence-corrected chi connectivity index (χ2v) is 7.45. The quantitative estimate of drug-likeness (QED) is 0.746. The first-order valence-electron chi connectivity index (χ1n) is 9.29. The maximum atomic E-state index is 13.1. The molecule has 1 aromatic carbocycles. The summed E-state index contributed by atoms with van der Waals surface area (Å²) in [5.41, 5.74) is 0.305. The van der Waals surface area contributed by atoms with Gasteiger partial charge in [0.05, 0.1) is 28.5 Å². The Bertz CT molecular complexity index is 881. The molecule has 0 saturated carbocycles. The van der Waals surface area contributed by atoms with Crippen LogP contribution in [0.15, 0.2) is 41.0 Å². The number of likely N-dealkylation sites (N-methyl/N-ethyl adjacent to an activating group) is 1. The number of rotatable bonds is 6. The number of carbonyl (C=O) groups is 3. The summed E-state index contributed by atoms with van der Waals surface area (Å²) in [6.45, 7) is 2.40. The lowest BCUT2D eigenvalue weighted by molar-refractivity contribution is -0.137. The summed E-state index contributed by atoms with van der Waals surface area (Å²) in [6.07, 6.45) is 2.67. The first-order chi connectivity index (χ1) is 13.9. The van der Waals surface area contributed by atoms with E-state index in [0.29, 0.717) is 41.7 Å². The molecule has 29 heavy (non-hydrogen) atoms. The Labute approximate surface area is 178 Å². The average Bonchev–Trinajstić information content (AvgIpc) is 3.40. The zero-order chi connectivity index (χ0) is 21.0. The molecular weight excluding hydrogens is 417 g/mol. The number of furan rings is 1. The highest BCUT2D eigenvalue weighted by molar-refractivity contribution is 6.39. The molecule has 7 nitrogen and oxygen atoms in total. The highest BCUT2D eigenvalue weighted by Crippen LogP contribution is 2.29. The first-order valence-corrected chi connectivity index (χ1v) is 10.0. The maximum absolute atomic E-state index is 13.1. The van der Waals surface area contributed by atoms with Crippen LogP contribution < -0.4 is 5.32 Å². The Hall–Kier alpha value is -2.51. The number of amides is 3. The van der Waals surface area contributed by atoms with Gasteiger partial charge in [-0.25, -0.2) is 0 Å². The number of para-hydroxylation sites is 1. The minimum Gasteiger partial charge on any atom is -0.459 e. The van der Waals surface area contributed by atoms with E-state index in [0.717, 1.165) is 0 Å². The minimum atomic E-state index is -0.621. The van der Waals surface area contributed by atoms with E-state index in [1.165, 1.54) is 16.1 Å². The van der Waals surface area contributed by atoms with Gasteiger partial charge in [-0.15, -0.1) is 0 Å². The number of nitrogens with zero attached hydrogens (tertiary/aromatic N) is 2. The molecule has 3 rings (SSSR count). The molecule has 9 heteroatoms. The average molecular weight is 438 g/mol. The predicted molar refractivity (Wildman–Crippen MR) is 110 cm³/mol. The number of carbonyl (C=O) groups excluding carboxylic acids is 3. The van der Waals surface area contributed by atoms with E-state index in [1.54, 1.807) is 37.3 Å². The van der Waals surface area contributed by atoms with Gasteiger partial charge in [0.1, 0.15) is 6.04 Å². The molecule has 0 unspecified atom stereocenters. The van der Waals surface area contributed by atoms with Crippen molar-refractivity contribution in [3.05, 3.63) is 52.4 Å². The minimum absolute atomic E-state index is 0.170. The number of anilines is 1. The summed E-state index contributed by atoms with van der Waals surface area (Å²) in [5.74, 6) is -0.824. The lowest BCUT2D eigenvalue weighted by Gasteiger charge is -2.29. The Kier molecular flexibility index (Phi) is 6.82. The lowest BCUT2D eigenvalue weighted by Crippen LogP contribution is -2.49. The number of hydrogen-bond donors (Lipinski definition) is 1. The highest BCUT2D eigenvalue weighted by atomic mass is 35.5. The van der Waals surface area contributed by atoms with Crippen molar-refractivity contribution in [1.29, 1.82) is 0 Å². The van der Waals surface area contributed by atoms with Gasteiger partial charge in [-0.05, 0) is 44.0 Å². The van der Waals surface area contributed by atoms with Crippen molar-refractivity contribution in [3.63, 3.8) is 0 Å². The zero-order valence-corrected chi connectivity index (χ0v) is 17.4. The maximum Gasteiger partial charge on any atom is 0.290 e. The van der Waals surface area contributed by atoms with Crippen LogP contribution in [0.2, 0.25) is 10.0 Å². The van der Waals surface area contributed by atoms with Gasteiger partial charge >= 0.3 is 0 Å². The van der Waals surface area contributed by atoms with Crippen LogP contribution in [0.5, 0.6) is 0 Å². The molecule has 154 valence electrons. The standard InChI is InChI=1S/C20H21Cl2N3O4/c1-2-24(12-17(26)23-18-13(21)6-3-7-14(18)22)19(27)15-8-4-10-25(15)20(28)16-9-5-11-29-16/h3,5-7,9,11,15H,2,4,8,10,12H2,1H3,(H,23,26)/t15-/m0/s1. The summed E-state index contributed by atoms with van der Waals surface area (Å²) < 4.78 is 5.17. The molecule has 3 amide bonds. The van der Waals surface area contributed by atoms with Gasteiger partial charge < -0.3 is 19.5 Å². The third-order valence-corrected chi connectivity index (χ3v) is 5.42. The number of nitrogens with one attached hydrogen (secondary N) is 1. The molecule has 1 aliphatic rings. The van der Waals surface area contributed by atoms with Gasteiger partial charge in [0, 0.05) is 13.1 Å². The van der Waals surface area contributed by atoms with Crippen molar-refractivity contribution >= 4 is 46.6 Å². The number of benzene rings is 1. The number of halogens is 2. The van der Waals surface area contributed by atoms with Crippen LogP contribution in [-0.2, 0) is 9.59 Å². The van der Waals surface area contributed by atoms with E-state index < -0.39 is 11.9 Å². The van der Waals surface area contributed by atoms with Crippen LogP contribution in [0.3, 0.4) is 0 Å². The van der Waals surface area contributed by atoms with Crippen LogP contribution in [0.4, 0.5) is 5.69 Å². The molecular formula is C20H21Cl2N3O4. The van der Waals surface area contributed by atoms with Crippen molar-refractivity contribution in [3.8, 4) is 0 Å². The molecule has 0 bridgehead atoms. The Balaban J connectivity index is 1.68. The summed E-state index contributed by atoms with van der Waals surface area (Å²) >= 11 is 12.2. The van der Waals surface area contributed by atoms with Gasteiger partial charge in [0.25, 0.3) is 5.91 Å². The Morgan fingerprint density at radius 2 is 1.93 bits per heavy atom. The van der Waals surface area contributed by atoms with Gasteiger partial charge in [-0.3, -0.25) is 14.4 Å². The Morgan fingerprint density at radius 3 is 2.55 bits per heavy atom. The van der Waals surface area contributed by atoms with Crippen molar-refractivity contribution in [2.45, 2.75) is 25.8 Å². The molecule has 0 aliphatic carbocycles. The molecule has 1 saturated heterocycles. The van der Waals surface area contributed by atoms with Crippen molar-refractivity contribution < 1.29 is 18.8 Å². The molecule has 1 aliphatic heterocycles. The summed E-state index contributed by atoms with van der Waals surface area (Å²) in [6, 6.07) is 7.48. The molecule has 0 radical (unpaired) electrons. The molecule has 2 aromatic rings. The van der Waals surface area contributed by atoms with Gasteiger partial charge in [0.15, 0.2) is 5.76 Å². The van der Waals surface area contributed by atoms with E-state index in [-0.39, 0.29) is 24.1 Å². The largest absolute Gasteiger partial charge is 0.459 e. The van der Waals surface area contributed by atoms with E-state index in [2.05, 4.69) is 5.32 Å². The fraction of sp³-hybridized carbons (Fsp3) is 0.350. The smallest absolute Gasteiger partial charge is 0.290 e. The lowest BCUT2D eigenvalue weighted by atomic mass is 10.2. The fourth-order valence-corrected chi connectivity index (χ4v) is 3.83. The summed E-state index contributed by atoms with van der Waals surface area (Å²) in [4.78, 5) is 41.1. The SMILES string of the molecule is CCN(CC(=O)Nc1c(Cl)cccc1Cl)C(=O)[C@@H]1CCCN1C(=O)c1ccco1. The van der Waals surface area contributed by atoms with Crippen molar-refractivity contribution in [2.24, 2.45) is 0 Å². The van der Waals surface area contributed by atoms with Gasteiger partial charge in [-0.1, -0.05) is 29.3 Å². The van der Waals surface area contributed by atoms with Gasteiger partial charge in [-0.2, -0.15) is 0 Å². The third-order valence-electron chi connectivity index (χ3n) is 4.79. The predicted octanol–water partition coefficient (Wildman–Crippen LogP) is 3.68. The summed E-state index contributed by atoms with van der Waals surface area (Å²) in [7, 11) is 0. The van der Waals surface area contributed by atoms with Crippen LogP contribution >= 0.6 is 23.2 Å². The monoisotopic (exact) mass is 437 g/mol. The van der Waals surface area contributed by atoms with Crippen molar-refractivity contribution in [1.82, 2.24) is 9.80 Å². The molecule has 1 aromatic heterocycles. The second kappa shape index (κ2) is 9.33. The fourth-order valence-electron chi connectivity index (χ4n) is 3.33. The van der Waals surface area contributed by atoms with Crippen LogP contribution in [0.25, 0.3) is 0 Å².